The molecule has 0 saturated heterocycles. The van der Waals surface area contributed by atoms with Crippen molar-refractivity contribution in [1.29, 1.82) is 0 Å². The Bertz CT molecular complexity index is 334. The number of hydrogen-bond acceptors (Lipinski definition) is 5. The third kappa shape index (κ3) is 10.0. The Kier molecular flexibility index (Phi) is 10.5. The molecule has 5 heteroatoms. The number of carbonyl (C=O) groups is 2. The Hall–Kier alpha value is -1.62. The summed E-state index contributed by atoms with van der Waals surface area (Å²) < 4.78 is 9.85. The fraction of sp³-hybridized carbons (Fsp3) is 0.571. The average Bonchev–Trinajstić information content (AvgIpc) is 2.43. The highest BCUT2D eigenvalue weighted by atomic mass is 16.5. The number of hydrogen-bond donors (Lipinski definition) is 1. The third-order valence-electron chi connectivity index (χ3n) is 2.29. The summed E-state index contributed by atoms with van der Waals surface area (Å²) in [6, 6.07) is 0. The van der Waals surface area contributed by atoms with E-state index in [1.807, 2.05) is 32.1 Å². The minimum Gasteiger partial charge on any atom is -0.465 e. The molecule has 0 unspecified atom stereocenters. The lowest BCUT2D eigenvalue weighted by atomic mass is 10.2. The van der Waals surface area contributed by atoms with Gasteiger partial charge in [-0.3, -0.25) is 9.59 Å². The molecule has 0 radical (unpaired) electrons. The lowest BCUT2D eigenvalue weighted by molar-refractivity contribution is -0.146. The molecule has 0 atom stereocenters. The summed E-state index contributed by atoms with van der Waals surface area (Å²) >= 11 is 0. The highest BCUT2D eigenvalue weighted by Gasteiger charge is 2.05. The summed E-state index contributed by atoms with van der Waals surface area (Å²) in [4.78, 5) is 22.1. The highest BCUT2D eigenvalue weighted by molar-refractivity contribution is 5.71. The van der Waals surface area contributed by atoms with Crippen molar-refractivity contribution in [3.63, 3.8) is 0 Å². The second-order valence-corrected chi connectivity index (χ2v) is 3.86. The standard InChI is InChI=1S/C14H23NO4/c1-3-5-7-12(4-2)11-19-13(16)8-6-9-18-14(17)10-15/h4-5,7H,3,6,8-11,15H2,1-2H3/b7-5-,12-4+. The molecule has 0 aliphatic heterocycles. The summed E-state index contributed by atoms with van der Waals surface area (Å²) in [5.41, 5.74) is 6.03. The van der Waals surface area contributed by atoms with Crippen molar-refractivity contribution >= 4 is 11.9 Å². The van der Waals surface area contributed by atoms with E-state index in [1.54, 1.807) is 0 Å². The van der Waals surface area contributed by atoms with E-state index in [4.69, 9.17) is 15.2 Å². The van der Waals surface area contributed by atoms with Crippen LogP contribution in [0.2, 0.25) is 0 Å². The summed E-state index contributed by atoms with van der Waals surface area (Å²) in [5.74, 6) is -0.762. The van der Waals surface area contributed by atoms with E-state index in [1.165, 1.54) is 0 Å². The molecule has 0 aromatic rings. The Morgan fingerprint density at radius 2 is 1.95 bits per heavy atom. The van der Waals surface area contributed by atoms with Gasteiger partial charge in [0.1, 0.15) is 6.61 Å². The van der Waals surface area contributed by atoms with Gasteiger partial charge in [0.2, 0.25) is 0 Å². The predicted octanol–water partition coefficient (Wildman–Crippen LogP) is 1.72. The molecule has 0 heterocycles. The van der Waals surface area contributed by atoms with Gasteiger partial charge in [0.15, 0.2) is 0 Å². The van der Waals surface area contributed by atoms with Crippen molar-refractivity contribution in [2.45, 2.75) is 33.1 Å². The van der Waals surface area contributed by atoms with Crippen LogP contribution in [0, 0.1) is 0 Å². The first-order chi connectivity index (χ1) is 9.13. The van der Waals surface area contributed by atoms with Crippen LogP contribution in [0.1, 0.15) is 33.1 Å². The number of carbonyl (C=O) groups excluding carboxylic acids is 2. The Morgan fingerprint density at radius 3 is 2.53 bits per heavy atom. The highest BCUT2D eigenvalue weighted by Crippen LogP contribution is 2.02. The van der Waals surface area contributed by atoms with Crippen LogP contribution < -0.4 is 5.73 Å². The normalized spacial score (nSPS) is 11.6. The molecule has 0 aromatic carbocycles. The molecule has 0 bridgehead atoms. The van der Waals surface area contributed by atoms with Crippen molar-refractivity contribution in [3.8, 4) is 0 Å². The first kappa shape index (κ1) is 17.4. The van der Waals surface area contributed by atoms with Crippen molar-refractivity contribution in [2.24, 2.45) is 5.73 Å². The number of allylic oxidation sites excluding steroid dienone is 2. The molecular weight excluding hydrogens is 246 g/mol. The van der Waals surface area contributed by atoms with Crippen LogP contribution in [0.25, 0.3) is 0 Å². The molecule has 0 amide bonds. The van der Waals surface area contributed by atoms with E-state index in [2.05, 4.69) is 0 Å². The molecular formula is C14H23NO4. The van der Waals surface area contributed by atoms with Crippen LogP contribution in [0.15, 0.2) is 23.8 Å². The van der Waals surface area contributed by atoms with Crippen LogP contribution in [-0.2, 0) is 19.1 Å². The summed E-state index contributed by atoms with van der Waals surface area (Å²) in [7, 11) is 0. The Labute approximate surface area is 114 Å². The van der Waals surface area contributed by atoms with Gasteiger partial charge in [0, 0.05) is 6.42 Å². The molecule has 108 valence electrons. The second kappa shape index (κ2) is 11.5. The van der Waals surface area contributed by atoms with Crippen molar-refractivity contribution < 1.29 is 19.1 Å². The molecule has 2 N–H and O–H groups in total. The van der Waals surface area contributed by atoms with E-state index < -0.39 is 5.97 Å². The van der Waals surface area contributed by atoms with E-state index in [-0.39, 0.29) is 32.1 Å². The monoisotopic (exact) mass is 269 g/mol. The van der Waals surface area contributed by atoms with Crippen LogP contribution >= 0.6 is 0 Å². The zero-order chi connectivity index (χ0) is 14.5. The van der Waals surface area contributed by atoms with Gasteiger partial charge >= 0.3 is 11.9 Å². The first-order valence-corrected chi connectivity index (χ1v) is 6.47. The van der Waals surface area contributed by atoms with Gasteiger partial charge < -0.3 is 15.2 Å². The lowest BCUT2D eigenvalue weighted by Crippen LogP contribution is -2.17. The number of rotatable bonds is 9. The molecule has 0 aromatic heterocycles. The molecule has 0 saturated carbocycles. The average molecular weight is 269 g/mol. The Morgan fingerprint density at radius 1 is 1.21 bits per heavy atom. The van der Waals surface area contributed by atoms with Crippen molar-refractivity contribution in [2.75, 3.05) is 19.8 Å². The van der Waals surface area contributed by atoms with Gasteiger partial charge in [-0.25, -0.2) is 0 Å². The SMILES string of the molecule is C/C=C(\C=C/CC)COC(=O)CCCOC(=O)CN. The molecule has 0 rings (SSSR count). The summed E-state index contributed by atoms with van der Waals surface area (Å²) in [6.07, 6.45) is 7.47. The number of nitrogens with two attached hydrogens (primary N) is 1. The van der Waals surface area contributed by atoms with Gasteiger partial charge in [-0.15, -0.1) is 0 Å². The number of ether oxygens (including phenoxy) is 2. The zero-order valence-electron chi connectivity index (χ0n) is 11.7. The second-order valence-electron chi connectivity index (χ2n) is 3.86. The molecule has 0 fully saturated rings. The fourth-order valence-electron chi connectivity index (χ4n) is 1.19. The topological polar surface area (TPSA) is 78.6 Å². The minimum atomic E-state index is -0.464. The maximum atomic E-state index is 11.4. The smallest absolute Gasteiger partial charge is 0.319 e. The molecule has 0 aliphatic carbocycles. The molecule has 5 nitrogen and oxygen atoms in total. The first-order valence-electron chi connectivity index (χ1n) is 6.47. The van der Waals surface area contributed by atoms with Crippen LogP contribution in [0.4, 0.5) is 0 Å². The molecule has 0 aliphatic rings. The molecule has 19 heavy (non-hydrogen) atoms. The minimum absolute atomic E-state index is 0.140. The van der Waals surface area contributed by atoms with Gasteiger partial charge in [-0.2, -0.15) is 0 Å². The Balaban J connectivity index is 3.75. The predicted molar refractivity (Wildman–Crippen MR) is 73.4 cm³/mol. The summed E-state index contributed by atoms with van der Waals surface area (Å²) in [5, 5.41) is 0. The van der Waals surface area contributed by atoms with Crippen LogP contribution in [0.3, 0.4) is 0 Å². The fourth-order valence-corrected chi connectivity index (χ4v) is 1.19. The van der Waals surface area contributed by atoms with E-state index in [9.17, 15) is 9.59 Å². The quantitative estimate of drug-likeness (QED) is 0.392. The van der Waals surface area contributed by atoms with Crippen molar-refractivity contribution in [3.05, 3.63) is 23.8 Å². The summed E-state index contributed by atoms with van der Waals surface area (Å²) in [6.45, 7) is 4.26. The maximum absolute atomic E-state index is 11.4. The van der Waals surface area contributed by atoms with E-state index in [0.717, 1.165) is 12.0 Å². The van der Waals surface area contributed by atoms with Crippen LogP contribution in [0.5, 0.6) is 0 Å². The van der Waals surface area contributed by atoms with E-state index >= 15 is 0 Å². The van der Waals surface area contributed by atoms with E-state index in [0.29, 0.717) is 6.42 Å². The van der Waals surface area contributed by atoms with Gasteiger partial charge in [-0.05, 0) is 25.3 Å². The van der Waals surface area contributed by atoms with Crippen molar-refractivity contribution in [1.82, 2.24) is 0 Å². The zero-order valence-corrected chi connectivity index (χ0v) is 11.7. The third-order valence-corrected chi connectivity index (χ3v) is 2.29. The lowest BCUT2D eigenvalue weighted by Gasteiger charge is -2.06. The van der Waals surface area contributed by atoms with Gasteiger partial charge in [-0.1, -0.05) is 25.2 Å². The van der Waals surface area contributed by atoms with Gasteiger partial charge in [0.25, 0.3) is 0 Å². The maximum Gasteiger partial charge on any atom is 0.319 e. The number of esters is 2. The largest absolute Gasteiger partial charge is 0.465 e. The van der Waals surface area contributed by atoms with Gasteiger partial charge in [0.05, 0.1) is 13.2 Å². The van der Waals surface area contributed by atoms with Crippen LogP contribution in [-0.4, -0.2) is 31.7 Å². The molecule has 0 spiro atoms.